The van der Waals surface area contributed by atoms with Crippen LogP contribution in [-0.2, 0) is 4.74 Å². The molecule has 0 saturated carbocycles. The van der Waals surface area contributed by atoms with E-state index in [-0.39, 0.29) is 0 Å². The fourth-order valence-electron chi connectivity index (χ4n) is 1.96. The maximum atomic E-state index is 5.02. The maximum Gasteiger partial charge on any atom is 0.135 e. The third kappa shape index (κ3) is 4.72. The molecule has 0 amide bonds. The van der Waals surface area contributed by atoms with E-state index < -0.39 is 0 Å². The number of hydrogen-bond acceptors (Lipinski definition) is 5. The van der Waals surface area contributed by atoms with E-state index in [0.717, 1.165) is 36.9 Å². The summed E-state index contributed by atoms with van der Waals surface area (Å²) in [6, 6.07) is 8.23. The van der Waals surface area contributed by atoms with Crippen LogP contribution in [0.25, 0.3) is 0 Å². The average Bonchev–Trinajstić information content (AvgIpc) is 2.48. The van der Waals surface area contributed by atoms with Crippen LogP contribution in [0.1, 0.15) is 17.5 Å². The molecule has 0 unspecified atom stereocenters. The Balaban J connectivity index is 2.02. The zero-order valence-corrected chi connectivity index (χ0v) is 12.8. The second-order valence-corrected chi connectivity index (χ2v) is 5.00. The van der Waals surface area contributed by atoms with Gasteiger partial charge in [-0.25, -0.2) is 9.97 Å². The molecule has 0 radical (unpaired) electrons. The van der Waals surface area contributed by atoms with E-state index in [1.807, 2.05) is 6.07 Å². The van der Waals surface area contributed by atoms with Gasteiger partial charge in [0.25, 0.3) is 0 Å². The number of aryl methyl sites for hydroxylation is 2. The van der Waals surface area contributed by atoms with E-state index in [4.69, 9.17) is 4.74 Å². The fourth-order valence-corrected chi connectivity index (χ4v) is 1.96. The smallest absolute Gasteiger partial charge is 0.135 e. The van der Waals surface area contributed by atoms with Gasteiger partial charge in [0, 0.05) is 32.0 Å². The third-order valence-electron chi connectivity index (χ3n) is 3.15. The van der Waals surface area contributed by atoms with Gasteiger partial charge in [0.1, 0.15) is 18.0 Å². The number of hydrogen-bond donors (Lipinski definition) is 2. The Bertz CT molecular complexity index is 586. The van der Waals surface area contributed by atoms with Gasteiger partial charge in [0.15, 0.2) is 0 Å². The average molecular weight is 286 g/mol. The normalized spacial score (nSPS) is 10.4. The van der Waals surface area contributed by atoms with Crippen molar-refractivity contribution in [3.63, 3.8) is 0 Å². The van der Waals surface area contributed by atoms with Gasteiger partial charge in [-0.2, -0.15) is 0 Å². The fraction of sp³-hybridized carbons (Fsp3) is 0.375. The van der Waals surface area contributed by atoms with Crippen LogP contribution in [0.4, 0.5) is 17.3 Å². The van der Waals surface area contributed by atoms with Crippen molar-refractivity contribution in [3.05, 3.63) is 41.7 Å². The lowest BCUT2D eigenvalue weighted by molar-refractivity contribution is 0.198. The molecule has 112 valence electrons. The van der Waals surface area contributed by atoms with Gasteiger partial charge < -0.3 is 15.4 Å². The van der Waals surface area contributed by atoms with Crippen molar-refractivity contribution in [2.24, 2.45) is 0 Å². The number of ether oxygens (including phenoxy) is 1. The summed E-state index contributed by atoms with van der Waals surface area (Å²) in [7, 11) is 1.71. The van der Waals surface area contributed by atoms with E-state index in [0.29, 0.717) is 0 Å². The highest BCUT2D eigenvalue weighted by molar-refractivity contribution is 5.62. The minimum atomic E-state index is 0.742. The Labute approximate surface area is 125 Å². The van der Waals surface area contributed by atoms with Crippen LogP contribution in [0.3, 0.4) is 0 Å². The first kappa shape index (κ1) is 15.3. The van der Waals surface area contributed by atoms with Gasteiger partial charge in [-0.05, 0) is 37.5 Å². The van der Waals surface area contributed by atoms with E-state index in [1.54, 1.807) is 13.4 Å². The van der Waals surface area contributed by atoms with Gasteiger partial charge in [-0.3, -0.25) is 0 Å². The molecule has 0 saturated heterocycles. The summed E-state index contributed by atoms with van der Waals surface area (Å²) < 4.78 is 5.02. The first-order chi connectivity index (χ1) is 10.2. The summed E-state index contributed by atoms with van der Waals surface area (Å²) in [4.78, 5) is 8.48. The Morgan fingerprint density at radius 3 is 2.71 bits per heavy atom. The lowest BCUT2D eigenvalue weighted by Gasteiger charge is -2.11. The van der Waals surface area contributed by atoms with Gasteiger partial charge in [-0.1, -0.05) is 12.1 Å². The van der Waals surface area contributed by atoms with E-state index >= 15 is 0 Å². The molecule has 0 aliphatic heterocycles. The van der Waals surface area contributed by atoms with Crippen molar-refractivity contribution in [2.75, 3.05) is 30.9 Å². The lowest BCUT2D eigenvalue weighted by Crippen LogP contribution is -2.07. The summed E-state index contributed by atoms with van der Waals surface area (Å²) in [5, 5.41) is 6.60. The number of benzene rings is 1. The molecule has 21 heavy (non-hydrogen) atoms. The highest BCUT2D eigenvalue weighted by Gasteiger charge is 2.02. The molecular formula is C16H22N4O. The molecule has 2 aromatic rings. The molecule has 0 atom stereocenters. The molecule has 0 bridgehead atoms. The van der Waals surface area contributed by atoms with Crippen LogP contribution in [0, 0.1) is 13.8 Å². The Kier molecular flexibility index (Phi) is 5.51. The monoisotopic (exact) mass is 286 g/mol. The minimum Gasteiger partial charge on any atom is -0.385 e. The second-order valence-electron chi connectivity index (χ2n) is 5.00. The molecule has 1 aromatic carbocycles. The zero-order valence-electron chi connectivity index (χ0n) is 12.8. The number of aromatic nitrogens is 2. The summed E-state index contributed by atoms with van der Waals surface area (Å²) >= 11 is 0. The minimum absolute atomic E-state index is 0.742. The molecule has 5 nitrogen and oxygen atoms in total. The van der Waals surface area contributed by atoms with Gasteiger partial charge in [-0.15, -0.1) is 0 Å². The first-order valence-electron chi connectivity index (χ1n) is 7.08. The van der Waals surface area contributed by atoms with Crippen LogP contribution in [0.15, 0.2) is 30.6 Å². The van der Waals surface area contributed by atoms with E-state index in [1.165, 1.54) is 11.1 Å². The predicted octanol–water partition coefficient (Wildman–Crippen LogP) is 3.29. The van der Waals surface area contributed by atoms with E-state index in [2.05, 4.69) is 52.6 Å². The number of nitrogens with zero attached hydrogens (tertiary/aromatic N) is 2. The number of anilines is 3. The van der Waals surface area contributed by atoms with Crippen LogP contribution in [0.2, 0.25) is 0 Å². The van der Waals surface area contributed by atoms with Gasteiger partial charge in [0.2, 0.25) is 0 Å². The Hall–Kier alpha value is -2.14. The predicted molar refractivity (Wildman–Crippen MR) is 86.2 cm³/mol. The molecule has 0 spiro atoms. The van der Waals surface area contributed by atoms with Crippen molar-refractivity contribution in [1.29, 1.82) is 0 Å². The van der Waals surface area contributed by atoms with Crippen molar-refractivity contribution in [1.82, 2.24) is 9.97 Å². The van der Waals surface area contributed by atoms with E-state index in [9.17, 15) is 0 Å². The topological polar surface area (TPSA) is 59.1 Å². The zero-order chi connectivity index (χ0) is 15.1. The lowest BCUT2D eigenvalue weighted by atomic mass is 10.1. The summed E-state index contributed by atoms with van der Waals surface area (Å²) in [6.45, 7) is 5.72. The Morgan fingerprint density at radius 2 is 1.90 bits per heavy atom. The highest BCUT2D eigenvalue weighted by atomic mass is 16.5. The van der Waals surface area contributed by atoms with Crippen LogP contribution in [-0.4, -0.2) is 30.2 Å². The number of nitrogens with one attached hydrogen (secondary N) is 2. The van der Waals surface area contributed by atoms with Gasteiger partial charge >= 0.3 is 0 Å². The Morgan fingerprint density at radius 1 is 1.10 bits per heavy atom. The quantitative estimate of drug-likeness (QED) is 0.765. The number of methoxy groups -OCH3 is 1. The van der Waals surface area contributed by atoms with Crippen LogP contribution < -0.4 is 10.6 Å². The molecular weight excluding hydrogens is 264 g/mol. The molecule has 1 aromatic heterocycles. The maximum absolute atomic E-state index is 5.02. The first-order valence-corrected chi connectivity index (χ1v) is 7.08. The van der Waals surface area contributed by atoms with Crippen molar-refractivity contribution in [3.8, 4) is 0 Å². The SMILES string of the molecule is COCCCNc1cc(Nc2cc(C)ccc2C)ncn1. The molecule has 0 fully saturated rings. The summed E-state index contributed by atoms with van der Waals surface area (Å²) in [6.07, 6.45) is 2.51. The number of rotatable bonds is 7. The van der Waals surface area contributed by atoms with Crippen molar-refractivity contribution < 1.29 is 4.74 Å². The van der Waals surface area contributed by atoms with Gasteiger partial charge in [0.05, 0.1) is 0 Å². The van der Waals surface area contributed by atoms with Crippen molar-refractivity contribution >= 4 is 17.3 Å². The summed E-state index contributed by atoms with van der Waals surface area (Å²) in [5.74, 6) is 1.60. The highest BCUT2D eigenvalue weighted by Crippen LogP contribution is 2.21. The van der Waals surface area contributed by atoms with Crippen molar-refractivity contribution in [2.45, 2.75) is 20.3 Å². The molecule has 1 heterocycles. The third-order valence-corrected chi connectivity index (χ3v) is 3.15. The summed E-state index contributed by atoms with van der Waals surface area (Å²) in [5.41, 5.74) is 3.47. The standard InChI is InChI=1S/C16H22N4O/c1-12-5-6-13(2)14(9-12)20-16-10-15(18-11-19-16)17-7-4-8-21-3/h5-6,9-11H,4,7-8H2,1-3H3,(H2,17,18,19,20). The molecule has 2 N–H and O–H groups in total. The molecule has 0 aliphatic carbocycles. The van der Waals surface area contributed by atoms with Crippen LogP contribution in [0.5, 0.6) is 0 Å². The molecule has 2 rings (SSSR count). The van der Waals surface area contributed by atoms with Crippen LogP contribution >= 0.6 is 0 Å². The largest absolute Gasteiger partial charge is 0.385 e. The molecule has 0 aliphatic rings. The second kappa shape index (κ2) is 7.59. The molecule has 5 heteroatoms.